The molecule has 1 rings (SSSR count). The molecule has 0 radical (unpaired) electrons. The second kappa shape index (κ2) is 7.58. The molecule has 90 valence electrons. The maximum absolute atomic E-state index is 5.02. The summed E-state index contributed by atoms with van der Waals surface area (Å²) in [6, 6.07) is 9.10. The molecule has 0 atom stereocenters. The van der Waals surface area contributed by atoms with Crippen LogP contribution in [0.3, 0.4) is 0 Å². The van der Waals surface area contributed by atoms with Gasteiger partial charge in [-0.15, -0.1) is 0 Å². The number of benzene rings is 1. The Balaban J connectivity index is 2.41. The number of rotatable bonds is 7. The van der Waals surface area contributed by atoms with Crippen LogP contribution in [0, 0.1) is 0 Å². The molecule has 1 aromatic carbocycles. The van der Waals surface area contributed by atoms with Crippen LogP contribution in [0.5, 0.6) is 0 Å². The quantitative estimate of drug-likeness (QED) is 0.737. The third-order valence-corrected chi connectivity index (χ3v) is 3.08. The molecule has 0 unspecified atom stereocenters. The van der Waals surface area contributed by atoms with Gasteiger partial charge in [0.2, 0.25) is 0 Å². The summed E-state index contributed by atoms with van der Waals surface area (Å²) in [7, 11) is 1.74. The highest BCUT2D eigenvalue weighted by Crippen LogP contribution is 2.17. The Hall–Kier alpha value is -0.670. The van der Waals surface area contributed by atoms with Gasteiger partial charge in [-0.05, 0) is 31.5 Å². The fourth-order valence-electron chi connectivity index (χ4n) is 1.42. The largest absolute Gasteiger partial charge is 0.384 e. The highest BCUT2D eigenvalue weighted by molar-refractivity contribution is 7.98. The van der Waals surface area contributed by atoms with E-state index in [0.717, 1.165) is 18.1 Å². The highest BCUT2D eigenvalue weighted by atomic mass is 32.2. The first-order valence-corrected chi connectivity index (χ1v) is 6.80. The second-order valence-corrected chi connectivity index (χ2v) is 5.15. The van der Waals surface area contributed by atoms with Crippen molar-refractivity contribution in [3.63, 3.8) is 0 Å². The lowest BCUT2D eigenvalue weighted by molar-refractivity contribution is 0.218. The Morgan fingerprint density at radius 3 is 2.88 bits per heavy atom. The van der Waals surface area contributed by atoms with Crippen molar-refractivity contribution in [3.8, 4) is 0 Å². The van der Waals surface area contributed by atoms with Gasteiger partial charge in [0.05, 0.1) is 6.61 Å². The number of ether oxygens (including phenoxy) is 1. The summed E-state index contributed by atoms with van der Waals surface area (Å²) in [5.74, 6) is 2.11. The molecule has 0 bridgehead atoms. The SMILES string of the molecule is COCCSCc1cccc(NC(C)C)c1. The molecule has 0 aliphatic heterocycles. The van der Waals surface area contributed by atoms with Crippen molar-refractivity contribution < 1.29 is 4.74 Å². The van der Waals surface area contributed by atoms with E-state index in [-0.39, 0.29) is 0 Å². The van der Waals surface area contributed by atoms with E-state index < -0.39 is 0 Å². The molecule has 0 fully saturated rings. The number of nitrogens with one attached hydrogen (secondary N) is 1. The molecular formula is C13H21NOS. The van der Waals surface area contributed by atoms with Crippen LogP contribution < -0.4 is 5.32 Å². The molecule has 0 saturated carbocycles. The minimum Gasteiger partial charge on any atom is -0.384 e. The van der Waals surface area contributed by atoms with Crippen LogP contribution in [-0.4, -0.2) is 25.5 Å². The summed E-state index contributed by atoms with van der Waals surface area (Å²) in [5, 5.41) is 3.41. The molecule has 0 aromatic heterocycles. The topological polar surface area (TPSA) is 21.3 Å². The van der Waals surface area contributed by atoms with E-state index in [1.165, 1.54) is 11.3 Å². The summed E-state index contributed by atoms with van der Waals surface area (Å²) in [5.41, 5.74) is 2.58. The van der Waals surface area contributed by atoms with Crippen molar-refractivity contribution >= 4 is 17.4 Å². The molecule has 0 aliphatic carbocycles. The maximum atomic E-state index is 5.02. The Kier molecular flexibility index (Phi) is 6.34. The van der Waals surface area contributed by atoms with E-state index in [1.807, 2.05) is 11.8 Å². The van der Waals surface area contributed by atoms with Gasteiger partial charge in [-0.1, -0.05) is 12.1 Å². The summed E-state index contributed by atoms with van der Waals surface area (Å²) >= 11 is 1.91. The minimum absolute atomic E-state index is 0.483. The van der Waals surface area contributed by atoms with Gasteiger partial charge in [-0.2, -0.15) is 11.8 Å². The average Bonchev–Trinajstić information content (AvgIpc) is 2.24. The third kappa shape index (κ3) is 5.42. The van der Waals surface area contributed by atoms with Gasteiger partial charge < -0.3 is 10.1 Å². The van der Waals surface area contributed by atoms with Crippen LogP contribution in [-0.2, 0) is 10.5 Å². The smallest absolute Gasteiger partial charge is 0.0553 e. The zero-order chi connectivity index (χ0) is 11.8. The molecule has 0 heterocycles. The molecule has 0 saturated heterocycles. The van der Waals surface area contributed by atoms with Gasteiger partial charge in [0.1, 0.15) is 0 Å². The van der Waals surface area contributed by atoms with Crippen molar-refractivity contribution in [2.45, 2.75) is 25.6 Å². The normalized spacial score (nSPS) is 10.8. The van der Waals surface area contributed by atoms with E-state index in [1.54, 1.807) is 7.11 Å². The predicted molar refractivity (Wildman–Crippen MR) is 73.2 cm³/mol. The molecule has 0 amide bonds. The molecular weight excluding hydrogens is 218 g/mol. The number of methoxy groups -OCH3 is 1. The Morgan fingerprint density at radius 2 is 2.19 bits per heavy atom. The number of hydrogen-bond donors (Lipinski definition) is 1. The Morgan fingerprint density at radius 1 is 1.38 bits per heavy atom. The van der Waals surface area contributed by atoms with Crippen LogP contribution in [0.1, 0.15) is 19.4 Å². The van der Waals surface area contributed by atoms with Crippen molar-refractivity contribution in [1.29, 1.82) is 0 Å². The number of hydrogen-bond acceptors (Lipinski definition) is 3. The fraction of sp³-hybridized carbons (Fsp3) is 0.538. The van der Waals surface area contributed by atoms with E-state index in [9.17, 15) is 0 Å². The summed E-state index contributed by atoms with van der Waals surface area (Å²) in [6.45, 7) is 5.13. The summed E-state index contributed by atoms with van der Waals surface area (Å²) in [4.78, 5) is 0. The van der Waals surface area contributed by atoms with Crippen LogP contribution in [0.4, 0.5) is 5.69 Å². The Bertz CT molecular complexity index is 302. The van der Waals surface area contributed by atoms with E-state index in [2.05, 4.69) is 43.4 Å². The van der Waals surface area contributed by atoms with Gasteiger partial charge in [-0.25, -0.2) is 0 Å². The van der Waals surface area contributed by atoms with E-state index >= 15 is 0 Å². The maximum Gasteiger partial charge on any atom is 0.0553 e. The van der Waals surface area contributed by atoms with Gasteiger partial charge in [-0.3, -0.25) is 0 Å². The van der Waals surface area contributed by atoms with Gasteiger partial charge in [0, 0.05) is 30.3 Å². The lowest BCUT2D eigenvalue weighted by Gasteiger charge is -2.11. The fourth-order valence-corrected chi connectivity index (χ4v) is 2.26. The molecule has 3 heteroatoms. The first-order chi connectivity index (χ1) is 7.72. The van der Waals surface area contributed by atoms with Crippen molar-refractivity contribution in [1.82, 2.24) is 0 Å². The van der Waals surface area contributed by atoms with Crippen LogP contribution in [0.2, 0.25) is 0 Å². The van der Waals surface area contributed by atoms with Crippen LogP contribution >= 0.6 is 11.8 Å². The van der Waals surface area contributed by atoms with Crippen LogP contribution in [0.25, 0.3) is 0 Å². The average molecular weight is 239 g/mol. The van der Waals surface area contributed by atoms with E-state index in [0.29, 0.717) is 6.04 Å². The Labute approximate surface area is 103 Å². The lowest BCUT2D eigenvalue weighted by atomic mass is 10.2. The molecule has 0 aliphatic rings. The van der Waals surface area contributed by atoms with Crippen molar-refractivity contribution in [2.75, 3.05) is 24.8 Å². The summed E-state index contributed by atoms with van der Waals surface area (Å²) < 4.78 is 5.02. The van der Waals surface area contributed by atoms with Gasteiger partial charge in [0.25, 0.3) is 0 Å². The lowest BCUT2D eigenvalue weighted by Crippen LogP contribution is -2.09. The predicted octanol–water partition coefficient (Wildman–Crippen LogP) is 3.39. The second-order valence-electron chi connectivity index (χ2n) is 4.04. The standard InChI is InChI=1S/C13H21NOS/c1-11(2)14-13-6-4-5-12(9-13)10-16-8-7-15-3/h4-6,9,11,14H,7-8,10H2,1-3H3. The minimum atomic E-state index is 0.483. The van der Waals surface area contributed by atoms with Crippen LogP contribution in [0.15, 0.2) is 24.3 Å². The zero-order valence-corrected chi connectivity index (χ0v) is 11.1. The molecule has 1 N–H and O–H groups in total. The van der Waals surface area contributed by atoms with Crippen molar-refractivity contribution in [3.05, 3.63) is 29.8 Å². The van der Waals surface area contributed by atoms with E-state index in [4.69, 9.17) is 4.74 Å². The highest BCUT2D eigenvalue weighted by Gasteiger charge is 1.98. The first-order valence-electron chi connectivity index (χ1n) is 5.64. The zero-order valence-electron chi connectivity index (χ0n) is 10.3. The van der Waals surface area contributed by atoms with Gasteiger partial charge in [0.15, 0.2) is 0 Å². The molecule has 0 spiro atoms. The monoisotopic (exact) mass is 239 g/mol. The summed E-state index contributed by atoms with van der Waals surface area (Å²) in [6.07, 6.45) is 0. The molecule has 2 nitrogen and oxygen atoms in total. The third-order valence-electron chi connectivity index (χ3n) is 2.08. The molecule has 1 aromatic rings. The van der Waals surface area contributed by atoms with Crippen molar-refractivity contribution in [2.24, 2.45) is 0 Å². The first kappa shape index (κ1) is 13.4. The van der Waals surface area contributed by atoms with Gasteiger partial charge >= 0.3 is 0 Å². The number of anilines is 1. The number of thioether (sulfide) groups is 1. The molecule has 16 heavy (non-hydrogen) atoms.